The van der Waals surface area contributed by atoms with Gasteiger partial charge in [0.1, 0.15) is 71.2 Å². The number of H-pyrrole nitrogens is 4. The van der Waals surface area contributed by atoms with Gasteiger partial charge < -0.3 is 79.0 Å². The summed E-state index contributed by atoms with van der Waals surface area (Å²) in [6.45, 7) is 25.4. The van der Waals surface area contributed by atoms with E-state index in [0.29, 0.717) is 69.0 Å². The van der Waals surface area contributed by atoms with Crippen LogP contribution in [0.25, 0.3) is 88.4 Å². The number of alkyl carbamates (subject to hydrolysis) is 1. The molecule has 0 saturated carbocycles. The number of fused-ring (bicyclic) bond motifs is 12. The molecule has 28 heteroatoms. The molecule has 8 N–H and O–H groups in total. The van der Waals surface area contributed by atoms with Gasteiger partial charge in [-0.1, -0.05) is 71.0 Å². The minimum Gasteiger partial charge on any atom is -0.488 e. The Labute approximate surface area is 654 Å². The quantitative estimate of drug-likeness (QED) is 0.0501. The van der Waals surface area contributed by atoms with Crippen LogP contribution in [0.3, 0.4) is 0 Å². The maximum Gasteiger partial charge on any atom is 0.410 e. The maximum absolute atomic E-state index is 13.9. The normalized spacial score (nSPS) is 22.3. The highest BCUT2D eigenvalue weighted by Gasteiger charge is 2.57. The zero-order valence-corrected chi connectivity index (χ0v) is 66.5. The molecule has 6 amide bonds. The number of nitrogens with zero attached hydrogens (tertiary/aromatic N) is 8. The predicted octanol–water partition coefficient (Wildman–Crippen LogP) is 15.4. The van der Waals surface area contributed by atoms with Gasteiger partial charge in [0.05, 0.1) is 83.3 Å². The number of rotatable bonds is 14. The van der Waals surface area contributed by atoms with Gasteiger partial charge >= 0.3 is 24.4 Å². The number of carbonyl (C=O) groups is 6. The van der Waals surface area contributed by atoms with Crippen molar-refractivity contribution in [2.75, 3.05) is 34.4 Å². The Balaban J connectivity index is 0.000000181. The van der Waals surface area contributed by atoms with Crippen LogP contribution in [-0.2, 0) is 47.3 Å². The summed E-state index contributed by atoms with van der Waals surface area (Å²) >= 11 is 0. The summed E-state index contributed by atoms with van der Waals surface area (Å²) in [7, 11) is 4.20. The number of likely N-dealkylation sites (tertiary alicyclic amines) is 4. The second-order valence-corrected chi connectivity index (χ2v) is 33.6. The molecule has 113 heavy (non-hydrogen) atoms. The molecule has 28 nitrogen and oxygen atoms in total. The van der Waals surface area contributed by atoms with Crippen LogP contribution >= 0.6 is 0 Å². The molecule has 0 unspecified atom stereocenters. The Kier molecular flexibility index (Phi) is 20.2. The van der Waals surface area contributed by atoms with Crippen LogP contribution in [0.4, 0.5) is 19.2 Å². The van der Waals surface area contributed by atoms with Crippen molar-refractivity contribution < 1.29 is 67.4 Å². The number of imidazole rings is 4. The molecule has 10 aromatic rings. The fourth-order valence-corrected chi connectivity index (χ4v) is 18.0. The van der Waals surface area contributed by atoms with Crippen LogP contribution in [0.5, 0.6) is 11.5 Å². The third-order valence-electron chi connectivity index (χ3n) is 23.9. The highest BCUT2D eigenvalue weighted by atomic mass is 16.6. The number of methoxy groups -OCH3 is 3. The SMILES string of the molecule is COC(=O)N[C@H](C(=O)N1[C@@H](C)CC[C@H]1c1ncc(-c2ccc3c(c2)COc2cc4c(ccc5nc([C@@H]6CC[C@H](C)N6C(=O)[C@@H](NC(=O)O)[C@@H](C)OC)[nH]c54)cc2-3)[nH]1)[C@@H](C)OC.C[C@@H]1CN(C(=O)O)[C@](c2ncc(-c3ccc4c(c3)COc3cc5c(ccc6nc([C@@H]7C[C@H](C)CN7C(=O)OC(C)(C)C)[nH]c65)cc3-4)[nH]2)(C(C)(C)C)C1. The van der Waals surface area contributed by atoms with Gasteiger partial charge in [-0.05, 0) is 197 Å². The van der Waals surface area contributed by atoms with Crippen molar-refractivity contribution in [2.24, 2.45) is 17.3 Å². The molecule has 0 spiro atoms. The van der Waals surface area contributed by atoms with E-state index in [1.807, 2.05) is 65.1 Å². The van der Waals surface area contributed by atoms with E-state index in [1.54, 1.807) is 39.6 Å². The molecule has 10 heterocycles. The summed E-state index contributed by atoms with van der Waals surface area (Å²) in [4.78, 5) is 118. The topological polar surface area (TPSA) is 350 Å². The largest absolute Gasteiger partial charge is 0.488 e. The van der Waals surface area contributed by atoms with Crippen molar-refractivity contribution in [1.29, 1.82) is 0 Å². The number of hydrogen-bond acceptors (Lipinski definition) is 16. The zero-order chi connectivity index (χ0) is 80.2. The van der Waals surface area contributed by atoms with Crippen LogP contribution in [0.1, 0.15) is 174 Å². The van der Waals surface area contributed by atoms with Crippen LogP contribution in [-0.4, -0.2) is 182 Å². The molecule has 0 aliphatic carbocycles. The van der Waals surface area contributed by atoms with Gasteiger partial charge in [0, 0.05) is 61.3 Å². The second kappa shape index (κ2) is 29.7. The number of nitrogens with one attached hydrogen (secondary N) is 6. The Morgan fingerprint density at radius 2 is 1.10 bits per heavy atom. The molecule has 0 radical (unpaired) electrons. The van der Waals surface area contributed by atoms with Gasteiger partial charge in [0.25, 0.3) is 0 Å². The number of carbonyl (C=O) groups excluding carboxylic acids is 4. The van der Waals surface area contributed by atoms with Gasteiger partial charge in [0.2, 0.25) is 11.8 Å². The van der Waals surface area contributed by atoms with Crippen LogP contribution < -0.4 is 20.1 Å². The number of ether oxygens (including phenoxy) is 6. The van der Waals surface area contributed by atoms with E-state index >= 15 is 0 Å². The standard InChI is InChI=1S/C44H52N8O9.C41H48N6O5/c1-21-8-14-33(51(21)42(54)37(24(4)59-6)50-44(57)60-7)39-45-19-32(47-39)26-10-12-28-27(16-26)20-61-35-18-29-25(17-30(28)35)11-13-31-38(29)48-40(46-31)34-15-9-22(2)52(34)41(53)36(23(3)58-5)49-43(55)56;1-22-13-32(46(19-22)38(50)52-40(6,7)8)35-43-30-12-10-24-15-29-27-11-9-25(14-26(27)21-51-33(29)16-28(24)34(30)45-35)31-18-42-36(44-31)41(39(3,4)5)17-23(2)20-47(41)37(48)49/h10-13,16-19,21-24,33-34,36-37,49H,8-9,14-15,20H2,1-7H3,(H,45,47)(H,46,48)(H,50,57)(H,55,56);9-12,14-16,18,22-23,32H,13,17,19-21H2,1-8H3,(H,42,44)(H,43,45)(H,48,49)/t21-,22-,23+,24+,33-,34-,36-,37-;22-,23-,32-,41+/m00/s1. The summed E-state index contributed by atoms with van der Waals surface area (Å²) in [6.07, 6.45) is 3.53. The number of benzene rings is 6. The van der Waals surface area contributed by atoms with Gasteiger partial charge in [-0.3, -0.25) is 19.4 Å². The van der Waals surface area contributed by atoms with Gasteiger partial charge in [-0.15, -0.1) is 0 Å². The van der Waals surface area contributed by atoms with E-state index in [4.69, 9.17) is 48.4 Å². The number of aromatic amines is 4. The molecule has 4 saturated heterocycles. The smallest absolute Gasteiger partial charge is 0.410 e. The first-order valence-electron chi connectivity index (χ1n) is 38.9. The first kappa shape index (κ1) is 77.1. The summed E-state index contributed by atoms with van der Waals surface area (Å²) in [5.74, 6) is 4.23. The fraction of sp³-hybridized carbons (Fsp3) is 0.459. The van der Waals surface area contributed by atoms with E-state index in [2.05, 4.69) is 126 Å². The molecule has 16 rings (SSSR count). The Bertz CT molecular complexity index is 5400. The lowest BCUT2D eigenvalue weighted by atomic mass is 9.70. The van der Waals surface area contributed by atoms with Crippen LogP contribution in [0.15, 0.2) is 97.3 Å². The average molecular weight is 1540 g/mol. The predicted molar refractivity (Wildman–Crippen MR) is 425 cm³/mol. The summed E-state index contributed by atoms with van der Waals surface area (Å²) in [5.41, 5.74) is 11.4. The molecule has 6 aromatic carbocycles. The third-order valence-corrected chi connectivity index (χ3v) is 23.9. The molecule has 12 atom stereocenters. The fourth-order valence-electron chi connectivity index (χ4n) is 18.0. The molecular formula is C85H100N14O14. The summed E-state index contributed by atoms with van der Waals surface area (Å²) < 4.78 is 34.2. The maximum atomic E-state index is 13.9. The van der Waals surface area contributed by atoms with Crippen molar-refractivity contribution in [2.45, 2.75) is 200 Å². The highest BCUT2D eigenvalue weighted by molar-refractivity contribution is 6.08. The van der Waals surface area contributed by atoms with Crippen LogP contribution in [0, 0.1) is 17.3 Å². The lowest BCUT2D eigenvalue weighted by Crippen LogP contribution is -2.55. The Morgan fingerprint density at radius 3 is 1.60 bits per heavy atom. The van der Waals surface area contributed by atoms with Gasteiger partial charge in [-0.2, -0.15) is 0 Å². The zero-order valence-electron chi connectivity index (χ0n) is 66.5. The molecule has 4 aromatic heterocycles. The van der Waals surface area contributed by atoms with E-state index in [-0.39, 0.29) is 59.4 Å². The van der Waals surface area contributed by atoms with E-state index in [0.717, 1.165) is 136 Å². The monoisotopic (exact) mass is 1540 g/mol. The van der Waals surface area contributed by atoms with Crippen molar-refractivity contribution in [3.05, 3.63) is 132 Å². The van der Waals surface area contributed by atoms with Crippen LogP contribution in [0.2, 0.25) is 0 Å². The molecule has 594 valence electrons. The minimum absolute atomic E-state index is 0.0781. The highest BCUT2D eigenvalue weighted by Crippen LogP contribution is 2.53. The van der Waals surface area contributed by atoms with Crippen molar-refractivity contribution in [3.63, 3.8) is 0 Å². The number of hydrogen-bond donors (Lipinski definition) is 8. The lowest BCUT2D eigenvalue weighted by Gasteiger charge is -2.45. The van der Waals surface area contributed by atoms with Crippen molar-refractivity contribution >= 4 is 79.8 Å². The Hall–Kier alpha value is -11.3. The summed E-state index contributed by atoms with van der Waals surface area (Å²) in [5, 5.41) is 28.7. The van der Waals surface area contributed by atoms with Crippen molar-refractivity contribution in [3.8, 4) is 56.3 Å². The second-order valence-electron chi connectivity index (χ2n) is 33.6. The molecule has 6 aliphatic heterocycles. The average Bonchev–Trinajstić information content (AvgIpc) is 1.03. The van der Waals surface area contributed by atoms with Gasteiger partial charge in [0.15, 0.2) is 0 Å². The van der Waals surface area contributed by atoms with E-state index in [1.165, 1.54) is 21.3 Å². The third kappa shape index (κ3) is 14.1. The molecule has 4 fully saturated rings. The number of aromatic nitrogens is 8. The molecular weight excluding hydrogens is 1440 g/mol. The first-order valence-corrected chi connectivity index (χ1v) is 38.9. The Morgan fingerprint density at radius 1 is 0.584 bits per heavy atom. The summed E-state index contributed by atoms with van der Waals surface area (Å²) in [6, 6.07) is 26.1. The number of amides is 6. The van der Waals surface area contributed by atoms with Gasteiger partial charge in [-0.25, -0.2) is 39.1 Å². The molecule has 6 aliphatic rings. The van der Waals surface area contributed by atoms with E-state index < -0.39 is 53.7 Å². The lowest BCUT2D eigenvalue weighted by molar-refractivity contribution is -0.140. The van der Waals surface area contributed by atoms with Crippen molar-refractivity contribution in [1.82, 2.24) is 70.1 Å². The van der Waals surface area contributed by atoms with E-state index in [9.17, 15) is 39.0 Å². The first-order chi connectivity index (χ1) is 53.8. The number of carboxylic acid groups (broad SMARTS) is 2. The minimum atomic E-state index is -1.29. The molecule has 0 bridgehead atoms.